The van der Waals surface area contributed by atoms with Crippen molar-refractivity contribution in [2.45, 2.75) is 38.5 Å². The SMILES string of the molecule is CCc1cccc(CNC[C@H](O)[C@H](Cc2cc(F)cc(F)c2)NC(=O)c2cccc(N(CCO)S(C)(=O)=O)c2)c1. The van der Waals surface area contributed by atoms with Gasteiger partial charge in [0, 0.05) is 24.7 Å². The number of aliphatic hydroxyl groups excluding tert-OH is 2. The van der Waals surface area contributed by atoms with E-state index in [0.29, 0.717) is 6.54 Å². The van der Waals surface area contributed by atoms with Gasteiger partial charge in [-0.15, -0.1) is 0 Å². The number of aliphatic hydroxyl groups is 2. The van der Waals surface area contributed by atoms with E-state index < -0.39 is 46.3 Å². The number of benzene rings is 3. The van der Waals surface area contributed by atoms with E-state index in [4.69, 9.17) is 0 Å². The summed E-state index contributed by atoms with van der Waals surface area (Å²) in [6, 6.07) is 15.9. The summed E-state index contributed by atoms with van der Waals surface area (Å²) in [7, 11) is -3.72. The van der Waals surface area contributed by atoms with Crippen molar-refractivity contribution >= 4 is 21.6 Å². The summed E-state index contributed by atoms with van der Waals surface area (Å²) in [6.07, 6.45) is 0.687. The van der Waals surface area contributed by atoms with Crippen LogP contribution in [0.4, 0.5) is 14.5 Å². The molecular formula is C29H35F2N3O5S. The van der Waals surface area contributed by atoms with Gasteiger partial charge < -0.3 is 20.8 Å². The minimum atomic E-state index is -3.72. The second-order valence-electron chi connectivity index (χ2n) is 9.54. The van der Waals surface area contributed by atoms with Crippen LogP contribution in [0.1, 0.15) is 34.0 Å². The lowest BCUT2D eigenvalue weighted by molar-refractivity contribution is 0.0830. The maximum Gasteiger partial charge on any atom is 0.251 e. The molecule has 11 heteroatoms. The van der Waals surface area contributed by atoms with Crippen LogP contribution in [0.15, 0.2) is 66.7 Å². The number of anilines is 1. The summed E-state index contributed by atoms with van der Waals surface area (Å²) >= 11 is 0. The molecule has 3 aromatic rings. The number of carbonyl (C=O) groups is 1. The number of rotatable bonds is 14. The molecule has 4 N–H and O–H groups in total. The van der Waals surface area contributed by atoms with Crippen molar-refractivity contribution in [2.24, 2.45) is 0 Å². The average Bonchev–Trinajstić information content (AvgIpc) is 2.90. The Morgan fingerprint density at radius 1 is 0.975 bits per heavy atom. The maximum atomic E-state index is 13.9. The van der Waals surface area contributed by atoms with E-state index in [1.54, 1.807) is 0 Å². The second-order valence-corrected chi connectivity index (χ2v) is 11.4. The van der Waals surface area contributed by atoms with Crippen molar-refractivity contribution < 1.29 is 32.2 Å². The number of nitrogens with one attached hydrogen (secondary N) is 2. The van der Waals surface area contributed by atoms with Crippen LogP contribution >= 0.6 is 0 Å². The molecule has 0 aliphatic rings. The molecule has 0 saturated carbocycles. The van der Waals surface area contributed by atoms with Gasteiger partial charge in [0.05, 0.1) is 37.2 Å². The lowest BCUT2D eigenvalue weighted by Crippen LogP contribution is -2.48. The smallest absolute Gasteiger partial charge is 0.251 e. The van der Waals surface area contributed by atoms with Crippen molar-refractivity contribution in [3.8, 4) is 0 Å². The first-order valence-corrected chi connectivity index (χ1v) is 14.8. The molecule has 1 amide bonds. The lowest BCUT2D eigenvalue weighted by Gasteiger charge is -2.26. The molecule has 3 rings (SSSR count). The Hall–Kier alpha value is -3.38. The van der Waals surface area contributed by atoms with Crippen molar-refractivity contribution in [1.29, 1.82) is 0 Å². The molecule has 0 radical (unpaired) electrons. The molecule has 0 aliphatic carbocycles. The normalized spacial score (nSPS) is 13.1. The largest absolute Gasteiger partial charge is 0.394 e. The highest BCUT2D eigenvalue weighted by Crippen LogP contribution is 2.20. The molecule has 0 aromatic heterocycles. The van der Waals surface area contributed by atoms with Crippen LogP contribution in [-0.2, 0) is 29.4 Å². The van der Waals surface area contributed by atoms with E-state index in [1.165, 1.54) is 29.8 Å². The minimum Gasteiger partial charge on any atom is -0.394 e. The van der Waals surface area contributed by atoms with Crippen molar-refractivity contribution in [2.75, 3.05) is 30.3 Å². The Kier molecular flexibility index (Phi) is 11.1. The van der Waals surface area contributed by atoms with Crippen molar-refractivity contribution in [3.05, 3.63) is 101 Å². The summed E-state index contributed by atoms with van der Waals surface area (Å²) in [4.78, 5) is 13.2. The molecule has 0 unspecified atom stereocenters. The van der Waals surface area contributed by atoms with Gasteiger partial charge in [0.15, 0.2) is 0 Å². The number of carbonyl (C=O) groups excluding carboxylic acids is 1. The number of hydrogen-bond donors (Lipinski definition) is 4. The van der Waals surface area contributed by atoms with Gasteiger partial charge in [-0.25, -0.2) is 17.2 Å². The quantitative estimate of drug-likeness (QED) is 0.235. The fourth-order valence-electron chi connectivity index (χ4n) is 4.36. The molecule has 2 atom stereocenters. The van der Waals surface area contributed by atoms with Crippen LogP contribution in [0, 0.1) is 11.6 Å². The van der Waals surface area contributed by atoms with Crippen LogP contribution < -0.4 is 14.9 Å². The molecule has 0 saturated heterocycles. The third-order valence-electron chi connectivity index (χ3n) is 6.34. The fourth-order valence-corrected chi connectivity index (χ4v) is 5.27. The van der Waals surface area contributed by atoms with Crippen LogP contribution in [0.5, 0.6) is 0 Å². The summed E-state index contributed by atoms with van der Waals surface area (Å²) in [5.74, 6) is -2.17. The fraction of sp³-hybridized carbons (Fsp3) is 0.345. The molecular weight excluding hydrogens is 540 g/mol. The van der Waals surface area contributed by atoms with Crippen LogP contribution in [-0.4, -0.2) is 62.6 Å². The van der Waals surface area contributed by atoms with E-state index >= 15 is 0 Å². The van der Waals surface area contributed by atoms with Gasteiger partial charge in [-0.2, -0.15) is 0 Å². The van der Waals surface area contributed by atoms with Crippen molar-refractivity contribution in [3.63, 3.8) is 0 Å². The summed E-state index contributed by atoms with van der Waals surface area (Å²) in [6.45, 7) is 1.99. The molecule has 8 nitrogen and oxygen atoms in total. The first-order chi connectivity index (χ1) is 19.0. The number of aryl methyl sites for hydroxylation is 1. The number of halogens is 2. The standard InChI is InChI=1S/C29H35F2N3O5S/c1-3-20-6-4-7-21(12-20)18-32-19-28(36)27(15-22-13-24(30)17-25(31)14-22)33-29(37)23-8-5-9-26(16-23)34(10-11-35)40(2,38)39/h4-9,12-14,16-17,27-28,32,35-36H,3,10-11,15,18-19H2,1-2H3,(H,33,37)/t27-,28-/m0/s1. The number of nitrogens with zero attached hydrogens (tertiary/aromatic N) is 1. The van der Waals surface area contributed by atoms with Gasteiger partial charge in [-0.05, 0) is 59.9 Å². The van der Waals surface area contributed by atoms with E-state index in [1.807, 2.05) is 18.2 Å². The summed E-state index contributed by atoms with van der Waals surface area (Å²) in [5, 5.41) is 26.2. The molecule has 0 fully saturated rings. The Balaban J connectivity index is 1.79. The first-order valence-electron chi connectivity index (χ1n) is 12.9. The third-order valence-corrected chi connectivity index (χ3v) is 7.53. The third kappa shape index (κ3) is 9.09. The van der Waals surface area contributed by atoms with E-state index in [9.17, 15) is 32.2 Å². The molecule has 216 valence electrons. The van der Waals surface area contributed by atoms with Gasteiger partial charge in [0.25, 0.3) is 5.91 Å². The molecule has 0 aliphatic heterocycles. The highest BCUT2D eigenvalue weighted by atomic mass is 32.2. The van der Waals surface area contributed by atoms with Gasteiger partial charge in [-0.1, -0.05) is 37.3 Å². The number of amides is 1. The zero-order valence-corrected chi connectivity index (χ0v) is 23.3. The van der Waals surface area contributed by atoms with Gasteiger partial charge in [0.1, 0.15) is 11.6 Å². The van der Waals surface area contributed by atoms with Crippen LogP contribution in [0.3, 0.4) is 0 Å². The Labute approximate surface area is 233 Å². The lowest BCUT2D eigenvalue weighted by atomic mass is 10.00. The Bertz CT molecular complexity index is 1380. The molecule has 3 aromatic carbocycles. The van der Waals surface area contributed by atoms with Gasteiger partial charge in [-0.3, -0.25) is 9.10 Å². The number of sulfonamides is 1. The van der Waals surface area contributed by atoms with Gasteiger partial charge >= 0.3 is 0 Å². The average molecular weight is 576 g/mol. The van der Waals surface area contributed by atoms with E-state index in [-0.39, 0.29) is 36.3 Å². The highest BCUT2D eigenvalue weighted by Gasteiger charge is 2.24. The predicted octanol–water partition coefficient (Wildman–Crippen LogP) is 2.78. The topological polar surface area (TPSA) is 119 Å². The first kappa shape index (κ1) is 31.2. The Morgan fingerprint density at radius 2 is 1.65 bits per heavy atom. The van der Waals surface area contributed by atoms with Crippen LogP contribution in [0.25, 0.3) is 0 Å². The van der Waals surface area contributed by atoms with E-state index in [2.05, 4.69) is 23.6 Å². The zero-order chi connectivity index (χ0) is 29.3. The maximum absolute atomic E-state index is 13.9. The summed E-state index contributed by atoms with van der Waals surface area (Å²) < 4.78 is 53.1. The van der Waals surface area contributed by atoms with Crippen molar-refractivity contribution in [1.82, 2.24) is 10.6 Å². The molecule has 0 spiro atoms. The second kappa shape index (κ2) is 14.3. The highest BCUT2D eigenvalue weighted by molar-refractivity contribution is 7.92. The minimum absolute atomic E-state index is 0.0613. The molecule has 0 heterocycles. The molecule has 0 bridgehead atoms. The molecule has 40 heavy (non-hydrogen) atoms. The van der Waals surface area contributed by atoms with Crippen LogP contribution in [0.2, 0.25) is 0 Å². The van der Waals surface area contributed by atoms with Gasteiger partial charge in [0.2, 0.25) is 10.0 Å². The Morgan fingerprint density at radius 3 is 2.30 bits per heavy atom. The number of hydrogen-bond acceptors (Lipinski definition) is 6. The predicted molar refractivity (Wildman–Crippen MR) is 151 cm³/mol. The summed E-state index contributed by atoms with van der Waals surface area (Å²) in [5.41, 5.74) is 2.74. The zero-order valence-electron chi connectivity index (χ0n) is 22.5. The van der Waals surface area contributed by atoms with E-state index in [0.717, 1.165) is 40.7 Å². The monoisotopic (exact) mass is 575 g/mol.